The normalized spacial score (nSPS) is 16.7. The Morgan fingerprint density at radius 1 is 1.10 bits per heavy atom. The Labute approximate surface area is 173 Å². The first kappa shape index (κ1) is 21.0. The summed E-state index contributed by atoms with van der Waals surface area (Å²) >= 11 is 0. The zero-order valence-corrected chi connectivity index (χ0v) is 17.6. The van der Waals surface area contributed by atoms with E-state index in [0.29, 0.717) is 25.7 Å². The Bertz CT molecular complexity index is 792. The lowest BCUT2D eigenvalue weighted by Crippen LogP contribution is -2.39. The van der Waals surface area contributed by atoms with Gasteiger partial charge < -0.3 is 24.4 Å². The van der Waals surface area contributed by atoms with Gasteiger partial charge in [-0.05, 0) is 41.8 Å². The Morgan fingerprint density at radius 2 is 1.93 bits per heavy atom. The third-order valence-electron chi connectivity index (χ3n) is 5.19. The molecule has 0 bridgehead atoms. The lowest BCUT2D eigenvalue weighted by molar-refractivity contribution is 0.146. The first-order chi connectivity index (χ1) is 14.2. The van der Waals surface area contributed by atoms with Gasteiger partial charge in [0.2, 0.25) is 0 Å². The van der Waals surface area contributed by atoms with Crippen molar-refractivity contribution in [2.45, 2.75) is 18.9 Å². The van der Waals surface area contributed by atoms with Crippen molar-refractivity contribution in [2.75, 3.05) is 47.6 Å². The molecule has 0 radical (unpaired) electrons. The van der Waals surface area contributed by atoms with E-state index in [1.807, 2.05) is 31.3 Å². The highest BCUT2D eigenvalue weighted by Gasteiger charge is 2.26. The third kappa shape index (κ3) is 5.87. The molecule has 29 heavy (non-hydrogen) atoms. The molecule has 0 aliphatic carbocycles. The van der Waals surface area contributed by atoms with E-state index in [0.717, 1.165) is 42.5 Å². The summed E-state index contributed by atoms with van der Waals surface area (Å²) in [4.78, 5) is 6.81. The zero-order valence-electron chi connectivity index (χ0n) is 17.6. The quantitative estimate of drug-likeness (QED) is 0.421. The van der Waals surface area contributed by atoms with Crippen molar-refractivity contribution >= 4 is 5.96 Å². The summed E-state index contributed by atoms with van der Waals surface area (Å²) in [6.07, 6.45) is 1.12. The van der Waals surface area contributed by atoms with Crippen LogP contribution in [0.25, 0.3) is 0 Å². The Morgan fingerprint density at radius 3 is 2.66 bits per heavy atom. The standard InChI is InChI=1S/C23H31N3O3/c1-24-23(25-16-18-5-4-6-22(15-18)29-14-13-27-2)26-12-11-20(17-26)19-7-9-21(28-3)10-8-19/h4-10,15,20H,11-14,16-17H2,1-3H3,(H,24,25). The minimum absolute atomic E-state index is 0.511. The zero-order chi connectivity index (χ0) is 20.5. The number of hydrogen-bond acceptors (Lipinski definition) is 4. The molecular weight excluding hydrogens is 366 g/mol. The van der Waals surface area contributed by atoms with Crippen molar-refractivity contribution in [3.8, 4) is 11.5 Å². The van der Waals surface area contributed by atoms with E-state index < -0.39 is 0 Å². The van der Waals surface area contributed by atoms with Gasteiger partial charge >= 0.3 is 0 Å². The van der Waals surface area contributed by atoms with Crippen LogP contribution >= 0.6 is 0 Å². The molecule has 156 valence electrons. The molecule has 1 heterocycles. The number of aliphatic imine (C=N–C) groups is 1. The van der Waals surface area contributed by atoms with Gasteiger partial charge in [0, 0.05) is 39.7 Å². The van der Waals surface area contributed by atoms with Crippen LogP contribution in [0, 0.1) is 0 Å². The lowest BCUT2D eigenvalue weighted by atomic mass is 9.98. The maximum Gasteiger partial charge on any atom is 0.193 e. The van der Waals surface area contributed by atoms with Crippen molar-refractivity contribution < 1.29 is 14.2 Å². The fourth-order valence-corrected chi connectivity index (χ4v) is 3.60. The van der Waals surface area contributed by atoms with E-state index in [-0.39, 0.29) is 0 Å². The second kappa shape index (κ2) is 10.7. The number of nitrogens with one attached hydrogen (secondary N) is 1. The third-order valence-corrected chi connectivity index (χ3v) is 5.19. The van der Waals surface area contributed by atoms with Crippen LogP contribution in [0.5, 0.6) is 11.5 Å². The minimum Gasteiger partial charge on any atom is -0.497 e. The van der Waals surface area contributed by atoms with Gasteiger partial charge in [-0.2, -0.15) is 0 Å². The van der Waals surface area contributed by atoms with Crippen LogP contribution in [0.4, 0.5) is 0 Å². The molecule has 1 saturated heterocycles. The maximum absolute atomic E-state index is 5.70. The molecule has 2 aromatic carbocycles. The summed E-state index contributed by atoms with van der Waals surface area (Å²) in [6, 6.07) is 16.5. The maximum atomic E-state index is 5.70. The molecule has 3 rings (SSSR count). The van der Waals surface area contributed by atoms with Gasteiger partial charge in [-0.3, -0.25) is 4.99 Å². The summed E-state index contributed by atoms with van der Waals surface area (Å²) < 4.78 is 16.0. The molecule has 1 aliphatic heterocycles. The molecule has 6 heteroatoms. The van der Waals surface area contributed by atoms with Gasteiger partial charge in [0.25, 0.3) is 0 Å². The van der Waals surface area contributed by atoms with E-state index in [4.69, 9.17) is 14.2 Å². The molecule has 0 saturated carbocycles. The van der Waals surface area contributed by atoms with Crippen LogP contribution in [-0.4, -0.2) is 58.4 Å². The number of ether oxygens (including phenoxy) is 3. The lowest BCUT2D eigenvalue weighted by Gasteiger charge is -2.22. The van der Waals surface area contributed by atoms with Crippen LogP contribution in [0.1, 0.15) is 23.5 Å². The largest absolute Gasteiger partial charge is 0.497 e. The molecule has 1 aliphatic rings. The van der Waals surface area contributed by atoms with E-state index >= 15 is 0 Å². The average Bonchev–Trinajstić information content (AvgIpc) is 3.25. The van der Waals surface area contributed by atoms with Gasteiger partial charge in [0.1, 0.15) is 18.1 Å². The molecule has 6 nitrogen and oxygen atoms in total. The summed E-state index contributed by atoms with van der Waals surface area (Å²) in [5.74, 6) is 3.20. The molecule has 0 amide bonds. The number of guanidine groups is 1. The number of rotatable bonds is 8. The molecule has 2 aromatic rings. The van der Waals surface area contributed by atoms with Crippen molar-refractivity contribution in [3.05, 3.63) is 59.7 Å². The second-order valence-corrected chi connectivity index (χ2v) is 7.09. The predicted octanol–water partition coefficient (Wildman–Crippen LogP) is 3.29. The van der Waals surface area contributed by atoms with Crippen molar-refractivity contribution in [1.82, 2.24) is 10.2 Å². The molecule has 1 N–H and O–H groups in total. The predicted molar refractivity (Wildman–Crippen MR) is 116 cm³/mol. The average molecular weight is 398 g/mol. The minimum atomic E-state index is 0.511. The van der Waals surface area contributed by atoms with Crippen molar-refractivity contribution in [1.29, 1.82) is 0 Å². The number of benzene rings is 2. The van der Waals surface area contributed by atoms with Gasteiger partial charge in [-0.25, -0.2) is 0 Å². The topological polar surface area (TPSA) is 55.3 Å². The highest BCUT2D eigenvalue weighted by molar-refractivity contribution is 5.80. The number of nitrogens with zero attached hydrogens (tertiary/aromatic N) is 2. The monoisotopic (exact) mass is 397 g/mol. The molecule has 0 spiro atoms. The van der Waals surface area contributed by atoms with E-state index in [1.54, 1.807) is 14.2 Å². The number of hydrogen-bond donors (Lipinski definition) is 1. The molecular formula is C23H31N3O3. The van der Waals surface area contributed by atoms with Crippen molar-refractivity contribution in [3.63, 3.8) is 0 Å². The smallest absolute Gasteiger partial charge is 0.193 e. The van der Waals surface area contributed by atoms with Crippen LogP contribution < -0.4 is 14.8 Å². The first-order valence-electron chi connectivity index (χ1n) is 10.0. The first-order valence-corrected chi connectivity index (χ1v) is 10.0. The van der Waals surface area contributed by atoms with Gasteiger partial charge in [-0.15, -0.1) is 0 Å². The molecule has 1 atom stereocenters. The van der Waals surface area contributed by atoms with E-state index in [2.05, 4.69) is 39.5 Å². The Balaban J connectivity index is 1.53. The van der Waals surface area contributed by atoms with Crippen LogP contribution in [0.15, 0.2) is 53.5 Å². The second-order valence-electron chi connectivity index (χ2n) is 7.09. The molecule has 1 fully saturated rings. The highest BCUT2D eigenvalue weighted by Crippen LogP contribution is 2.28. The summed E-state index contributed by atoms with van der Waals surface area (Å²) in [5.41, 5.74) is 2.51. The number of methoxy groups -OCH3 is 2. The SMILES string of the molecule is CN=C(NCc1cccc(OCCOC)c1)N1CCC(c2ccc(OC)cc2)C1. The Kier molecular flexibility index (Phi) is 7.76. The van der Waals surface area contributed by atoms with Gasteiger partial charge in [-0.1, -0.05) is 24.3 Å². The summed E-state index contributed by atoms with van der Waals surface area (Å²) in [7, 11) is 5.21. The number of likely N-dealkylation sites (tertiary alicyclic amines) is 1. The fourth-order valence-electron chi connectivity index (χ4n) is 3.60. The van der Waals surface area contributed by atoms with E-state index in [1.165, 1.54) is 5.56 Å². The Hall–Kier alpha value is -2.73. The fraction of sp³-hybridized carbons (Fsp3) is 0.435. The van der Waals surface area contributed by atoms with Gasteiger partial charge in [0.15, 0.2) is 5.96 Å². The van der Waals surface area contributed by atoms with Crippen LogP contribution in [0.2, 0.25) is 0 Å². The van der Waals surface area contributed by atoms with E-state index in [9.17, 15) is 0 Å². The molecule has 0 aromatic heterocycles. The summed E-state index contributed by atoms with van der Waals surface area (Å²) in [5, 5.41) is 3.49. The van der Waals surface area contributed by atoms with Crippen molar-refractivity contribution in [2.24, 2.45) is 4.99 Å². The van der Waals surface area contributed by atoms with Crippen LogP contribution in [0.3, 0.4) is 0 Å². The van der Waals surface area contributed by atoms with Gasteiger partial charge in [0.05, 0.1) is 13.7 Å². The van der Waals surface area contributed by atoms with Crippen LogP contribution in [-0.2, 0) is 11.3 Å². The highest BCUT2D eigenvalue weighted by atomic mass is 16.5. The summed E-state index contributed by atoms with van der Waals surface area (Å²) in [6.45, 7) is 3.80. The molecule has 1 unspecified atom stereocenters.